The number of amides is 1. The molecule has 24 heavy (non-hydrogen) atoms. The lowest BCUT2D eigenvalue weighted by atomic mass is 9.84. The number of aryl methyl sites for hydroxylation is 1. The number of hydrogen-bond acceptors (Lipinski definition) is 3. The zero-order valence-electron chi connectivity index (χ0n) is 13.7. The summed E-state index contributed by atoms with van der Waals surface area (Å²) in [6, 6.07) is 3.33. The highest BCUT2D eigenvalue weighted by atomic mass is 19.1. The first kappa shape index (κ1) is 15.3. The van der Waals surface area contributed by atoms with Crippen molar-refractivity contribution in [3.8, 4) is 11.1 Å². The van der Waals surface area contributed by atoms with Crippen molar-refractivity contribution in [3.05, 3.63) is 47.0 Å². The van der Waals surface area contributed by atoms with Crippen molar-refractivity contribution < 1.29 is 9.18 Å². The lowest BCUT2D eigenvalue weighted by Crippen LogP contribution is -2.31. The first-order chi connectivity index (χ1) is 11.6. The Morgan fingerprint density at radius 3 is 2.88 bits per heavy atom. The minimum atomic E-state index is -0.315. The maximum atomic E-state index is 14.8. The van der Waals surface area contributed by atoms with E-state index in [9.17, 15) is 9.18 Å². The van der Waals surface area contributed by atoms with E-state index in [1.165, 1.54) is 6.07 Å². The average molecular weight is 325 g/mol. The SMILES string of the molecule is CN1C(=O)CCc2cc(-c3cncc4c3CCCC4N)c(F)cc21. The smallest absolute Gasteiger partial charge is 0.227 e. The van der Waals surface area contributed by atoms with Gasteiger partial charge in [0.1, 0.15) is 5.82 Å². The third-order valence-corrected chi connectivity index (χ3v) is 5.23. The predicted octanol–water partition coefficient (Wildman–Crippen LogP) is 3.13. The van der Waals surface area contributed by atoms with Gasteiger partial charge in [-0.3, -0.25) is 9.78 Å². The Hall–Kier alpha value is -2.27. The van der Waals surface area contributed by atoms with Crippen LogP contribution in [0.3, 0.4) is 0 Å². The number of nitrogens with zero attached hydrogens (tertiary/aromatic N) is 2. The molecule has 5 heteroatoms. The van der Waals surface area contributed by atoms with E-state index in [0.29, 0.717) is 24.1 Å². The second-order valence-electron chi connectivity index (χ2n) is 6.67. The molecule has 1 aliphatic carbocycles. The Bertz CT molecular complexity index is 834. The number of aromatic nitrogens is 1. The van der Waals surface area contributed by atoms with Crippen LogP contribution in [0.4, 0.5) is 10.1 Å². The number of carbonyl (C=O) groups excluding carboxylic acids is 1. The third kappa shape index (κ3) is 2.31. The van der Waals surface area contributed by atoms with Gasteiger partial charge in [0.2, 0.25) is 5.91 Å². The lowest BCUT2D eigenvalue weighted by Gasteiger charge is -2.28. The molecule has 0 bridgehead atoms. The molecule has 2 aromatic rings. The van der Waals surface area contributed by atoms with Crippen LogP contribution in [0, 0.1) is 5.82 Å². The van der Waals surface area contributed by atoms with Crippen molar-refractivity contribution in [3.63, 3.8) is 0 Å². The summed E-state index contributed by atoms with van der Waals surface area (Å²) in [5.41, 5.74) is 11.4. The van der Waals surface area contributed by atoms with Crippen molar-refractivity contribution in [2.24, 2.45) is 5.73 Å². The highest BCUT2D eigenvalue weighted by Crippen LogP contribution is 2.38. The van der Waals surface area contributed by atoms with Crippen molar-refractivity contribution >= 4 is 11.6 Å². The average Bonchev–Trinajstić information content (AvgIpc) is 2.58. The quantitative estimate of drug-likeness (QED) is 0.876. The fraction of sp³-hybridized carbons (Fsp3) is 0.368. The zero-order valence-corrected chi connectivity index (χ0v) is 13.7. The largest absolute Gasteiger partial charge is 0.324 e. The minimum absolute atomic E-state index is 0.0226. The Labute approximate surface area is 140 Å². The molecule has 124 valence electrons. The van der Waals surface area contributed by atoms with Gasteiger partial charge in [0.15, 0.2) is 0 Å². The molecule has 4 nitrogen and oxygen atoms in total. The Kier molecular flexibility index (Phi) is 3.61. The Balaban J connectivity index is 1.87. The summed E-state index contributed by atoms with van der Waals surface area (Å²) in [5.74, 6) is -0.288. The zero-order chi connectivity index (χ0) is 16.8. The van der Waals surface area contributed by atoms with Crippen LogP contribution >= 0.6 is 0 Å². The maximum Gasteiger partial charge on any atom is 0.227 e. The third-order valence-electron chi connectivity index (χ3n) is 5.23. The molecule has 2 heterocycles. The highest BCUT2D eigenvalue weighted by Gasteiger charge is 2.26. The molecule has 0 radical (unpaired) electrons. The number of rotatable bonds is 1. The van der Waals surface area contributed by atoms with E-state index in [-0.39, 0.29) is 17.8 Å². The van der Waals surface area contributed by atoms with Crippen LogP contribution < -0.4 is 10.6 Å². The minimum Gasteiger partial charge on any atom is -0.324 e. The van der Waals surface area contributed by atoms with Gasteiger partial charge in [-0.15, -0.1) is 0 Å². The van der Waals surface area contributed by atoms with Crippen molar-refractivity contribution in [2.45, 2.75) is 38.1 Å². The van der Waals surface area contributed by atoms with Crippen LogP contribution in [0.15, 0.2) is 24.5 Å². The van der Waals surface area contributed by atoms with Gasteiger partial charge in [0, 0.05) is 48.7 Å². The Morgan fingerprint density at radius 2 is 2.04 bits per heavy atom. The fourth-order valence-corrected chi connectivity index (χ4v) is 3.86. The topological polar surface area (TPSA) is 59.2 Å². The summed E-state index contributed by atoms with van der Waals surface area (Å²) in [6.45, 7) is 0. The van der Waals surface area contributed by atoms with Gasteiger partial charge < -0.3 is 10.6 Å². The maximum absolute atomic E-state index is 14.8. The van der Waals surface area contributed by atoms with E-state index >= 15 is 0 Å². The second-order valence-corrected chi connectivity index (χ2v) is 6.67. The number of hydrogen-bond donors (Lipinski definition) is 1. The summed E-state index contributed by atoms with van der Waals surface area (Å²) in [6.07, 6.45) is 7.51. The summed E-state index contributed by atoms with van der Waals surface area (Å²) in [4.78, 5) is 17.7. The Morgan fingerprint density at radius 1 is 1.21 bits per heavy atom. The van der Waals surface area contributed by atoms with Crippen LogP contribution in [-0.2, 0) is 17.6 Å². The summed E-state index contributed by atoms with van der Waals surface area (Å²) in [7, 11) is 1.70. The molecular formula is C19H20FN3O. The molecule has 1 aromatic carbocycles. The normalized spacial score (nSPS) is 19.9. The molecule has 1 unspecified atom stereocenters. The van der Waals surface area contributed by atoms with E-state index in [1.54, 1.807) is 18.1 Å². The molecule has 1 atom stereocenters. The van der Waals surface area contributed by atoms with Crippen molar-refractivity contribution in [1.29, 1.82) is 0 Å². The molecule has 1 amide bonds. The predicted molar refractivity (Wildman–Crippen MR) is 91.2 cm³/mol. The molecule has 0 spiro atoms. The molecule has 0 saturated heterocycles. The van der Waals surface area contributed by atoms with E-state index in [2.05, 4.69) is 4.98 Å². The van der Waals surface area contributed by atoms with Crippen molar-refractivity contribution in [2.75, 3.05) is 11.9 Å². The van der Waals surface area contributed by atoms with Crippen molar-refractivity contribution in [1.82, 2.24) is 4.98 Å². The summed E-state index contributed by atoms with van der Waals surface area (Å²) >= 11 is 0. The van der Waals surface area contributed by atoms with Crippen LogP contribution in [0.2, 0.25) is 0 Å². The molecule has 2 aliphatic rings. The van der Waals surface area contributed by atoms with Crippen LogP contribution in [0.5, 0.6) is 0 Å². The van der Waals surface area contributed by atoms with E-state index < -0.39 is 0 Å². The second kappa shape index (κ2) is 5.67. The molecule has 0 saturated carbocycles. The molecule has 1 aromatic heterocycles. The van der Waals surface area contributed by atoms with Gasteiger partial charge in [0.05, 0.1) is 0 Å². The van der Waals surface area contributed by atoms with E-state index in [0.717, 1.165) is 41.5 Å². The number of anilines is 1. The molecule has 2 N–H and O–H groups in total. The van der Waals surface area contributed by atoms with Gasteiger partial charge in [0.25, 0.3) is 0 Å². The molecular weight excluding hydrogens is 305 g/mol. The van der Waals surface area contributed by atoms with Crippen LogP contribution in [-0.4, -0.2) is 17.9 Å². The molecule has 4 rings (SSSR count). The first-order valence-corrected chi connectivity index (χ1v) is 8.38. The monoisotopic (exact) mass is 325 g/mol. The first-order valence-electron chi connectivity index (χ1n) is 8.38. The summed E-state index contributed by atoms with van der Waals surface area (Å²) < 4.78 is 14.8. The van der Waals surface area contributed by atoms with Crippen LogP contribution in [0.25, 0.3) is 11.1 Å². The highest BCUT2D eigenvalue weighted by molar-refractivity contribution is 5.96. The van der Waals surface area contributed by atoms with Gasteiger partial charge in [-0.25, -0.2) is 4.39 Å². The number of pyridine rings is 1. The molecule has 0 fully saturated rings. The van der Waals surface area contributed by atoms with E-state index in [4.69, 9.17) is 5.73 Å². The lowest BCUT2D eigenvalue weighted by molar-refractivity contribution is -0.118. The number of carbonyl (C=O) groups is 1. The standard InChI is InChI=1S/C19H20FN3O/c1-23-18-8-16(20)13(7-11(18)5-6-19(23)24)14-9-22-10-15-12(14)3-2-4-17(15)21/h7-10,17H,2-6,21H2,1H3. The number of halogens is 1. The van der Waals surface area contributed by atoms with Gasteiger partial charge in [-0.05, 0) is 54.5 Å². The molecule has 1 aliphatic heterocycles. The number of fused-ring (bicyclic) bond motifs is 2. The number of nitrogens with two attached hydrogens (primary N) is 1. The van der Waals surface area contributed by atoms with Gasteiger partial charge in [-0.1, -0.05) is 0 Å². The number of benzene rings is 1. The fourth-order valence-electron chi connectivity index (χ4n) is 3.86. The van der Waals surface area contributed by atoms with Crippen LogP contribution in [0.1, 0.15) is 42.0 Å². The van der Waals surface area contributed by atoms with Gasteiger partial charge >= 0.3 is 0 Å². The van der Waals surface area contributed by atoms with Gasteiger partial charge in [-0.2, -0.15) is 0 Å². The summed E-state index contributed by atoms with van der Waals surface area (Å²) in [5, 5.41) is 0. The van der Waals surface area contributed by atoms with E-state index in [1.807, 2.05) is 12.3 Å².